The standard InChI is InChI=1S/C20H19N3O2/c1-13-17(12-24)25-16-9-20(6-4-7-20)15-11-23(22-19(15)18(13)16)10-14-5-2-3-8-21-14/h2-3,5,8,11-12H,4,6-7,9-10H2,1H3. The predicted octanol–water partition coefficient (Wildman–Crippen LogP) is 3.69. The Hall–Kier alpha value is -2.69. The van der Waals surface area contributed by atoms with Gasteiger partial charge in [-0.3, -0.25) is 14.5 Å². The minimum atomic E-state index is 0.134. The monoisotopic (exact) mass is 333 g/mol. The molecule has 1 saturated carbocycles. The minimum absolute atomic E-state index is 0.134. The van der Waals surface area contributed by atoms with Crippen molar-refractivity contribution in [2.75, 3.05) is 0 Å². The molecule has 1 fully saturated rings. The Morgan fingerprint density at radius 2 is 2.24 bits per heavy atom. The highest BCUT2D eigenvalue weighted by atomic mass is 16.3. The molecule has 25 heavy (non-hydrogen) atoms. The molecule has 1 spiro atoms. The first-order valence-corrected chi connectivity index (χ1v) is 8.76. The van der Waals surface area contributed by atoms with Gasteiger partial charge in [-0.15, -0.1) is 0 Å². The SMILES string of the molecule is Cc1c(C=O)oc2c1-c1nn(Cc3ccccn3)cc1C1(CCC1)C2. The van der Waals surface area contributed by atoms with Crippen molar-refractivity contribution in [3.8, 4) is 11.3 Å². The molecule has 126 valence electrons. The van der Waals surface area contributed by atoms with E-state index in [1.165, 1.54) is 12.0 Å². The summed E-state index contributed by atoms with van der Waals surface area (Å²) in [6.07, 6.45) is 9.22. The molecule has 2 aliphatic carbocycles. The number of hydrogen-bond acceptors (Lipinski definition) is 4. The Morgan fingerprint density at radius 3 is 2.92 bits per heavy atom. The molecule has 5 rings (SSSR count). The maximum absolute atomic E-state index is 11.3. The minimum Gasteiger partial charge on any atom is -0.457 e. The van der Waals surface area contributed by atoms with E-state index in [4.69, 9.17) is 9.52 Å². The van der Waals surface area contributed by atoms with Gasteiger partial charge < -0.3 is 4.42 Å². The fourth-order valence-corrected chi connectivity index (χ4v) is 4.32. The third-order valence-electron chi connectivity index (χ3n) is 5.79. The molecule has 3 aromatic rings. The summed E-state index contributed by atoms with van der Waals surface area (Å²) in [4.78, 5) is 15.7. The van der Waals surface area contributed by atoms with Gasteiger partial charge in [-0.2, -0.15) is 5.10 Å². The fourth-order valence-electron chi connectivity index (χ4n) is 4.32. The van der Waals surface area contributed by atoms with Crippen LogP contribution in [0, 0.1) is 6.92 Å². The Balaban J connectivity index is 1.64. The third-order valence-corrected chi connectivity index (χ3v) is 5.79. The van der Waals surface area contributed by atoms with Crippen LogP contribution in [0.4, 0.5) is 0 Å². The molecular weight excluding hydrogens is 314 g/mol. The largest absolute Gasteiger partial charge is 0.457 e. The highest BCUT2D eigenvalue weighted by Gasteiger charge is 2.47. The zero-order valence-corrected chi connectivity index (χ0v) is 14.2. The van der Waals surface area contributed by atoms with Crippen LogP contribution >= 0.6 is 0 Å². The molecule has 0 aliphatic heterocycles. The quantitative estimate of drug-likeness (QED) is 0.686. The van der Waals surface area contributed by atoms with Gasteiger partial charge in [0, 0.05) is 40.9 Å². The van der Waals surface area contributed by atoms with Crippen molar-refractivity contribution in [1.82, 2.24) is 14.8 Å². The molecule has 5 nitrogen and oxygen atoms in total. The average molecular weight is 333 g/mol. The summed E-state index contributed by atoms with van der Waals surface area (Å²) in [5.41, 5.74) is 5.35. The van der Waals surface area contributed by atoms with E-state index < -0.39 is 0 Å². The van der Waals surface area contributed by atoms with Gasteiger partial charge in [0.05, 0.1) is 17.9 Å². The van der Waals surface area contributed by atoms with Gasteiger partial charge in [-0.05, 0) is 31.9 Å². The maximum atomic E-state index is 11.3. The van der Waals surface area contributed by atoms with Crippen molar-refractivity contribution in [3.63, 3.8) is 0 Å². The molecule has 0 amide bonds. The van der Waals surface area contributed by atoms with Crippen molar-refractivity contribution in [2.24, 2.45) is 0 Å². The summed E-state index contributed by atoms with van der Waals surface area (Å²) in [7, 11) is 0. The van der Waals surface area contributed by atoms with Crippen LogP contribution in [0.1, 0.15) is 52.4 Å². The van der Waals surface area contributed by atoms with E-state index >= 15 is 0 Å². The highest BCUT2D eigenvalue weighted by Crippen LogP contribution is 2.54. The van der Waals surface area contributed by atoms with Crippen molar-refractivity contribution in [3.05, 3.63) is 58.9 Å². The smallest absolute Gasteiger partial charge is 0.185 e. The molecule has 0 saturated heterocycles. The molecule has 3 aromatic heterocycles. The molecule has 0 N–H and O–H groups in total. The van der Waals surface area contributed by atoms with Gasteiger partial charge in [0.25, 0.3) is 0 Å². The van der Waals surface area contributed by atoms with E-state index in [0.717, 1.165) is 53.8 Å². The summed E-state index contributed by atoms with van der Waals surface area (Å²) < 4.78 is 7.85. The number of carbonyl (C=O) groups excluding carboxylic acids is 1. The lowest BCUT2D eigenvalue weighted by molar-refractivity contribution is 0.109. The van der Waals surface area contributed by atoms with E-state index in [9.17, 15) is 4.79 Å². The maximum Gasteiger partial charge on any atom is 0.185 e. The highest BCUT2D eigenvalue weighted by molar-refractivity contribution is 5.82. The zero-order valence-electron chi connectivity index (χ0n) is 14.2. The van der Waals surface area contributed by atoms with E-state index in [2.05, 4.69) is 11.2 Å². The van der Waals surface area contributed by atoms with Crippen LogP contribution in [0.2, 0.25) is 0 Å². The van der Waals surface area contributed by atoms with Gasteiger partial charge in [0.1, 0.15) is 5.76 Å². The van der Waals surface area contributed by atoms with Crippen LogP contribution in [0.25, 0.3) is 11.3 Å². The Bertz CT molecular complexity index is 964. The molecule has 2 aliphatic rings. The van der Waals surface area contributed by atoms with E-state index in [-0.39, 0.29) is 5.41 Å². The van der Waals surface area contributed by atoms with E-state index in [1.807, 2.05) is 29.8 Å². The number of rotatable bonds is 3. The van der Waals surface area contributed by atoms with Crippen LogP contribution in [-0.2, 0) is 18.4 Å². The topological polar surface area (TPSA) is 60.9 Å². The number of hydrogen-bond donors (Lipinski definition) is 0. The number of furan rings is 1. The van der Waals surface area contributed by atoms with Crippen molar-refractivity contribution >= 4 is 6.29 Å². The first-order valence-electron chi connectivity index (χ1n) is 8.76. The second-order valence-corrected chi connectivity index (χ2v) is 7.23. The van der Waals surface area contributed by atoms with Gasteiger partial charge in [0.15, 0.2) is 12.0 Å². The fraction of sp³-hybridized carbons (Fsp3) is 0.350. The average Bonchev–Trinajstić information content (AvgIpc) is 3.14. The lowest BCUT2D eigenvalue weighted by Crippen LogP contribution is -2.38. The van der Waals surface area contributed by atoms with Crippen LogP contribution < -0.4 is 0 Å². The summed E-state index contributed by atoms with van der Waals surface area (Å²) in [6, 6.07) is 5.93. The predicted molar refractivity (Wildman–Crippen MR) is 92.6 cm³/mol. The summed E-state index contributed by atoms with van der Waals surface area (Å²) in [5.74, 6) is 1.36. The molecular formula is C20H19N3O2. The molecule has 0 atom stereocenters. The molecule has 0 bridgehead atoms. The zero-order chi connectivity index (χ0) is 17.0. The summed E-state index contributed by atoms with van der Waals surface area (Å²) in [6.45, 7) is 2.60. The van der Waals surface area contributed by atoms with Gasteiger partial charge >= 0.3 is 0 Å². The second-order valence-electron chi connectivity index (χ2n) is 7.23. The Morgan fingerprint density at radius 1 is 1.36 bits per heavy atom. The molecule has 0 radical (unpaired) electrons. The van der Waals surface area contributed by atoms with Gasteiger partial charge in [-0.1, -0.05) is 12.5 Å². The third kappa shape index (κ3) is 2.05. The number of fused-ring (bicyclic) bond motifs is 4. The van der Waals surface area contributed by atoms with Crippen LogP contribution in [0.15, 0.2) is 35.0 Å². The van der Waals surface area contributed by atoms with Crippen LogP contribution in [0.5, 0.6) is 0 Å². The Labute approximate surface area is 145 Å². The summed E-state index contributed by atoms with van der Waals surface area (Å²) in [5, 5.41) is 4.87. The molecule has 5 heteroatoms. The van der Waals surface area contributed by atoms with Crippen LogP contribution in [-0.4, -0.2) is 21.1 Å². The lowest BCUT2D eigenvalue weighted by atomic mass is 9.59. The number of pyridine rings is 1. The van der Waals surface area contributed by atoms with Gasteiger partial charge in [-0.25, -0.2) is 0 Å². The Kier molecular flexibility index (Phi) is 3.02. The van der Waals surface area contributed by atoms with E-state index in [1.54, 1.807) is 6.20 Å². The normalized spacial score (nSPS) is 17.0. The molecule has 0 unspecified atom stereocenters. The number of carbonyl (C=O) groups is 1. The summed E-state index contributed by atoms with van der Waals surface area (Å²) >= 11 is 0. The number of aldehydes is 1. The second kappa shape index (κ2) is 5.15. The lowest BCUT2D eigenvalue weighted by Gasteiger charge is -2.43. The van der Waals surface area contributed by atoms with Crippen LogP contribution in [0.3, 0.4) is 0 Å². The first kappa shape index (κ1) is 14.6. The van der Waals surface area contributed by atoms with Crippen molar-refractivity contribution in [2.45, 2.75) is 44.6 Å². The molecule has 3 heterocycles. The number of nitrogens with zero attached hydrogens (tertiary/aromatic N) is 3. The number of aromatic nitrogens is 3. The van der Waals surface area contributed by atoms with Crippen molar-refractivity contribution < 1.29 is 9.21 Å². The molecule has 0 aromatic carbocycles. The first-order chi connectivity index (χ1) is 12.2. The van der Waals surface area contributed by atoms with E-state index in [0.29, 0.717) is 12.3 Å². The van der Waals surface area contributed by atoms with Gasteiger partial charge in [0.2, 0.25) is 0 Å². The van der Waals surface area contributed by atoms with Crippen molar-refractivity contribution in [1.29, 1.82) is 0 Å².